The van der Waals surface area contributed by atoms with Crippen LogP contribution in [0.3, 0.4) is 0 Å². The quantitative estimate of drug-likeness (QED) is 0.342. The molecular formula is C24H20N6OS2. The molecule has 9 heteroatoms. The Morgan fingerprint density at radius 3 is 2.61 bits per heavy atom. The molecule has 0 atom stereocenters. The van der Waals surface area contributed by atoms with Crippen LogP contribution in [0.4, 0.5) is 5.69 Å². The molecule has 0 saturated heterocycles. The van der Waals surface area contributed by atoms with E-state index in [0.717, 1.165) is 33.2 Å². The third-order valence-electron chi connectivity index (χ3n) is 5.07. The first-order valence-electron chi connectivity index (χ1n) is 10.3. The minimum absolute atomic E-state index is 0.100. The Kier molecular flexibility index (Phi) is 5.89. The Labute approximate surface area is 198 Å². The highest BCUT2D eigenvalue weighted by Crippen LogP contribution is 2.31. The number of nitrogens with zero attached hydrogens (tertiary/aromatic N) is 5. The van der Waals surface area contributed by atoms with Gasteiger partial charge < -0.3 is 9.88 Å². The fraction of sp³-hybridized carbons (Fsp3) is 0.125. The van der Waals surface area contributed by atoms with Gasteiger partial charge in [-0.15, -0.1) is 21.5 Å². The van der Waals surface area contributed by atoms with Gasteiger partial charge in [0.2, 0.25) is 5.91 Å². The van der Waals surface area contributed by atoms with Crippen molar-refractivity contribution in [1.29, 1.82) is 0 Å². The number of thioether (sulfide) groups is 1. The number of thiazole rings is 1. The van der Waals surface area contributed by atoms with Gasteiger partial charge in [0.15, 0.2) is 11.0 Å². The minimum atomic E-state index is -0.100. The van der Waals surface area contributed by atoms with E-state index in [4.69, 9.17) is 4.98 Å². The number of aromatic nitrogens is 5. The fourth-order valence-electron chi connectivity index (χ4n) is 3.37. The molecule has 0 radical (unpaired) electrons. The van der Waals surface area contributed by atoms with Crippen molar-refractivity contribution in [2.24, 2.45) is 7.05 Å². The number of amides is 1. The standard InChI is InChI=1S/C24H20N6OS2/c1-15-3-8-19-20(13-15)33-23(27-19)17-4-6-18(7-5-17)26-21(31)14-32-24-29-28-22(30(24)2)16-9-11-25-12-10-16/h3-13H,14H2,1-2H3,(H,26,31). The lowest BCUT2D eigenvalue weighted by Gasteiger charge is -2.06. The van der Waals surface area contributed by atoms with Crippen LogP contribution in [0.25, 0.3) is 32.2 Å². The Morgan fingerprint density at radius 2 is 1.82 bits per heavy atom. The highest BCUT2D eigenvalue weighted by atomic mass is 32.2. The second-order valence-electron chi connectivity index (χ2n) is 7.51. The zero-order chi connectivity index (χ0) is 22.8. The molecule has 0 aliphatic carbocycles. The van der Waals surface area contributed by atoms with Gasteiger partial charge in [-0.3, -0.25) is 9.78 Å². The molecule has 5 aromatic rings. The summed E-state index contributed by atoms with van der Waals surface area (Å²) in [5, 5.41) is 13.0. The zero-order valence-electron chi connectivity index (χ0n) is 18.0. The number of fused-ring (bicyclic) bond motifs is 1. The lowest BCUT2D eigenvalue weighted by Crippen LogP contribution is -2.14. The van der Waals surface area contributed by atoms with Gasteiger partial charge in [0.25, 0.3) is 0 Å². The fourth-order valence-corrected chi connectivity index (χ4v) is 5.15. The van der Waals surface area contributed by atoms with E-state index >= 15 is 0 Å². The van der Waals surface area contributed by atoms with Gasteiger partial charge in [0.1, 0.15) is 5.01 Å². The zero-order valence-corrected chi connectivity index (χ0v) is 19.7. The number of benzene rings is 2. The van der Waals surface area contributed by atoms with Crippen LogP contribution in [0.2, 0.25) is 0 Å². The first-order valence-corrected chi connectivity index (χ1v) is 12.1. The number of carbonyl (C=O) groups is 1. The molecule has 0 fully saturated rings. The Balaban J connectivity index is 1.21. The van der Waals surface area contributed by atoms with Crippen LogP contribution < -0.4 is 5.32 Å². The summed E-state index contributed by atoms with van der Waals surface area (Å²) in [7, 11) is 1.89. The number of hydrogen-bond acceptors (Lipinski definition) is 7. The van der Waals surface area contributed by atoms with Crippen LogP contribution in [0, 0.1) is 6.92 Å². The summed E-state index contributed by atoms with van der Waals surface area (Å²) in [6.07, 6.45) is 3.43. The van der Waals surface area contributed by atoms with Crippen LogP contribution in [0.1, 0.15) is 5.56 Å². The second kappa shape index (κ2) is 9.13. The number of carbonyl (C=O) groups excluding carboxylic acids is 1. The van der Waals surface area contributed by atoms with E-state index in [9.17, 15) is 4.79 Å². The number of rotatable bonds is 6. The van der Waals surface area contributed by atoms with Gasteiger partial charge in [0.05, 0.1) is 16.0 Å². The van der Waals surface area contributed by atoms with E-state index in [1.54, 1.807) is 23.7 Å². The lowest BCUT2D eigenvalue weighted by molar-refractivity contribution is -0.113. The summed E-state index contributed by atoms with van der Waals surface area (Å²) in [6.45, 7) is 2.08. The summed E-state index contributed by atoms with van der Waals surface area (Å²) >= 11 is 3.02. The maximum Gasteiger partial charge on any atom is 0.234 e. The molecule has 0 bridgehead atoms. The summed E-state index contributed by atoms with van der Waals surface area (Å²) in [4.78, 5) is 21.2. The molecule has 0 spiro atoms. The van der Waals surface area contributed by atoms with Crippen LogP contribution in [0.15, 0.2) is 72.1 Å². The molecule has 1 N–H and O–H groups in total. The van der Waals surface area contributed by atoms with Crippen molar-refractivity contribution in [3.05, 3.63) is 72.6 Å². The number of nitrogens with one attached hydrogen (secondary N) is 1. The van der Waals surface area contributed by atoms with Crippen LogP contribution in [-0.4, -0.2) is 36.4 Å². The first-order chi connectivity index (χ1) is 16.1. The second-order valence-corrected chi connectivity index (χ2v) is 9.48. The molecule has 3 aromatic heterocycles. The molecule has 2 aromatic carbocycles. The first kappa shape index (κ1) is 21.3. The maximum absolute atomic E-state index is 12.5. The number of aryl methyl sites for hydroxylation is 1. The number of hydrogen-bond donors (Lipinski definition) is 1. The Hall–Kier alpha value is -3.56. The predicted octanol–water partition coefficient (Wildman–Crippen LogP) is 5.19. The van der Waals surface area contributed by atoms with Crippen molar-refractivity contribution < 1.29 is 4.79 Å². The molecule has 0 saturated carbocycles. The largest absolute Gasteiger partial charge is 0.325 e. The van der Waals surface area contributed by atoms with Crippen molar-refractivity contribution in [1.82, 2.24) is 24.7 Å². The van der Waals surface area contributed by atoms with Crippen molar-refractivity contribution in [2.75, 3.05) is 11.1 Å². The van der Waals surface area contributed by atoms with Crippen LogP contribution >= 0.6 is 23.1 Å². The van der Waals surface area contributed by atoms with Gasteiger partial charge in [-0.1, -0.05) is 17.8 Å². The highest BCUT2D eigenvalue weighted by molar-refractivity contribution is 7.99. The van der Waals surface area contributed by atoms with Crippen molar-refractivity contribution >= 4 is 44.9 Å². The van der Waals surface area contributed by atoms with E-state index in [1.807, 2.05) is 54.1 Å². The molecule has 0 unspecified atom stereocenters. The Bertz CT molecular complexity index is 1430. The summed E-state index contributed by atoms with van der Waals surface area (Å²) in [6, 6.07) is 17.8. The van der Waals surface area contributed by atoms with E-state index in [2.05, 4.69) is 39.6 Å². The SMILES string of the molecule is Cc1ccc2nc(-c3ccc(NC(=O)CSc4nnc(-c5ccncc5)n4C)cc3)sc2c1. The molecule has 3 heterocycles. The summed E-state index contributed by atoms with van der Waals surface area (Å²) in [5.74, 6) is 0.874. The highest BCUT2D eigenvalue weighted by Gasteiger charge is 2.13. The average Bonchev–Trinajstić information content (AvgIpc) is 3.41. The van der Waals surface area contributed by atoms with Crippen molar-refractivity contribution in [3.63, 3.8) is 0 Å². The van der Waals surface area contributed by atoms with Gasteiger partial charge in [-0.05, 0) is 61.0 Å². The third kappa shape index (κ3) is 4.64. The molecular weight excluding hydrogens is 452 g/mol. The Morgan fingerprint density at radius 1 is 1.03 bits per heavy atom. The summed E-state index contributed by atoms with van der Waals surface area (Å²) in [5.41, 5.74) is 4.94. The van der Waals surface area contributed by atoms with E-state index < -0.39 is 0 Å². The lowest BCUT2D eigenvalue weighted by atomic mass is 10.2. The van der Waals surface area contributed by atoms with Crippen molar-refractivity contribution in [3.8, 4) is 22.0 Å². The van der Waals surface area contributed by atoms with E-state index in [1.165, 1.54) is 22.0 Å². The predicted molar refractivity (Wildman–Crippen MR) is 133 cm³/mol. The normalized spacial score (nSPS) is 11.1. The maximum atomic E-state index is 12.5. The van der Waals surface area contributed by atoms with Crippen LogP contribution in [-0.2, 0) is 11.8 Å². The molecule has 7 nitrogen and oxygen atoms in total. The van der Waals surface area contributed by atoms with Crippen molar-refractivity contribution in [2.45, 2.75) is 12.1 Å². The van der Waals surface area contributed by atoms with Gasteiger partial charge in [-0.25, -0.2) is 4.98 Å². The number of anilines is 1. The third-order valence-corrected chi connectivity index (χ3v) is 7.15. The molecule has 0 aliphatic heterocycles. The monoisotopic (exact) mass is 472 g/mol. The molecule has 0 aliphatic rings. The van der Waals surface area contributed by atoms with Gasteiger partial charge >= 0.3 is 0 Å². The minimum Gasteiger partial charge on any atom is -0.325 e. The summed E-state index contributed by atoms with van der Waals surface area (Å²) < 4.78 is 3.05. The molecule has 33 heavy (non-hydrogen) atoms. The van der Waals surface area contributed by atoms with Crippen LogP contribution in [0.5, 0.6) is 0 Å². The van der Waals surface area contributed by atoms with E-state index in [-0.39, 0.29) is 11.7 Å². The van der Waals surface area contributed by atoms with Gasteiger partial charge in [-0.2, -0.15) is 0 Å². The van der Waals surface area contributed by atoms with Gasteiger partial charge in [0, 0.05) is 36.3 Å². The molecule has 164 valence electrons. The molecule has 5 rings (SSSR count). The topological polar surface area (TPSA) is 85.6 Å². The number of pyridine rings is 1. The molecule has 1 amide bonds. The van der Waals surface area contributed by atoms with E-state index in [0.29, 0.717) is 5.16 Å². The average molecular weight is 473 g/mol. The smallest absolute Gasteiger partial charge is 0.234 e.